The van der Waals surface area contributed by atoms with E-state index in [0.29, 0.717) is 0 Å². The van der Waals surface area contributed by atoms with Gasteiger partial charge in [-0.2, -0.15) is 0 Å². The molecule has 0 aromatic heterocycles. The molecule has 0 amide bonds. The van der Waals surface area contributed by atoms with E-state index in [1.807, 2.05) is 38.1 Å². The third kappa shape index (κ3) is 4.02. The molecule has 0 aliphatic carbocycles. The van der Waals surface area contributed by atoms with Crippen molar-refractivity contribution >= 4 is 0 Å². The maximum absolute atomic E-state index is 6.15. The summed E-state index contributed by atoms with van der Waals surface area (Å²) in [5.41, 5.74) is 7.22. The minimum Gasteiger partial charge on any atom is -0.491 e. The molecule has 1 aromatic rings. The summed E-state index contributed by atoms with van der Waals surface area (Å²) in [6.45, 7) is 6.10. The van der Waals surface area contributed by atoms with Crippen LogP contribution < -0.4 is 10.5 Å². The number of rotatable bonds is 6. The lowest BCUT2D eigenvalue weighted by molar-refractivity contribution is 0.0772. The Morgan fingerprint density at radius 1 is 1.18 bits per heavy atom. The minimum atomic E-state index is -0.0851. The summed E-state index contributed by atoms with van der Waals surface area (Å²) < 4.78 is 10.9. The topological polar surface area (TPSA) is 44.5 Å². The van der Waals surface area contributed by atoms with Crippen molar-refractivity contribution in [2.24, 2.45) is 5.73 Å². The Morgan fingerprint density at radius 2 is 1.76 bits per heavy atom. The van der Waals surface area contributed by atoms with Crippen molar-refractivity contribution in [3.8, 4) is 5.75 Å². The van der Waals surface area contributed by atoms with Gasteiger partial charge in [-0.25, -0.2) is 0 Å². The molecule has 2 atom stereocenters. The third-order valence-corrected chi connectivity index (χ3v) is 2.74. The first kappa shape index (κ1) is 14.0. The zero-order valence-electron chi connectivity index (χ0n) is 11.1. The van der Waals surface area contributed by atoms with Gasteiger partial charge in [-0.1, -0.05) is 19.1 Å². The number of methoxy groups -OCH3 is 1. The highest BCUT2D eigenvalue weighted by atomic mass is 16.5. The van der Waals surface area contributed by atoms with Gasteiger partial charge in [0, 0.05) is 7.11 Å². The Kier molecular flexibility index (Phi) is 5.45. The van der Waals surface area contributed by atoms with Crippen LogP contribution in [0.1, 0.15) is 38.8 Å². The molecule has 96 valence electrons. The molecule has 0 aliphatic rings. The molecule has 0 radical (unpaired) electrons. The lowest BCUT2D eigenvalue weighted by Crippen LogP contribution is -2.27. The molecule has 17 heavy (non-hydrogen) atoms. The summed E-state index contributed by atoms with van der Waals surface area (Å²) >= 11 is 0. The molecular formula is C14H23NO2. The molecule has 2 unspecified atom stereocenters. The van der Waals surface area contributed by atoms with E-state index < -0.39 is 0 Å². The Balaban J connectivity index is 2.72. The molecule has 0 saturated carbocycles. The average molecular weight is 237 g/mol. The Hall–Kier alpha value is -1.06. The fraction of sp³-hybridized carbons (Fsp3) is 0.571. The van der Waals surface area contributed by atoms with Gasteiger partial charge in [-0.05, 0) is 38.0 Å². The molecule has 0 bridgehead atoms. The van der Waals surface area contributed by atoms with Crippen molar-refractivity contribution in [3.05, 3.63) is 29.8 Å². The van der Waals surface area contributed by atoms with E-state index in [2.05, 4.69) is 6.92 Å². The lowest BCUT2D eigenvalue weighted by atomic mass is 10.0. The van der Waals surface area contributed by atoms with Gasteiger partial charge in [0.2, 0.25) is 0 Å². The van der Waals surface area contributed by atoms with Crippen molar-refractivity contribution in [2.75, 3.05) is 7.11 Å². The maximum Gasteiger partial charge on any atom is 0.119 e. The average Bonchev–Trinajstić information content (AvgIpc) is 2.30. The van der Waals surface area contributed by atoms with Gasteiger partial charge in [-0.3, -0.25) is 0 Å². The minimum absolute atomic E-state index is 0.0619. The van der Waals surface area contributed by atoms with Gasteiger partial charge in [-0.15, -0.1) is 0 Å². The molecular weight excluding hydrogens is 214 g/mol. The largest absolute Gasteiger partial charge is 0.491 e. The second-order valence-corrected chi connectivity index (χ2v) is 4.44. The normalized spacial score (nSPS) is 14.7. The Morgan fingerprint density at radius 3 is 2.18 bits per heavy atom. The number of benzene rings is 1. The van der Waals surface area contributed by atoms with E-state index >= 15 is 0 Å². The van der Waals surface area contributed by atoms with Crippen LogP contribution in [0, 0.1) is 0 Å². The second-order valence-electron chi connectivity index (χ2n) is 4.44. The molecule has 3 nitrogen and oxygen atoms in total. The first-order valence-corrected chi connectivity index (χ1v) is 6.13. The van der Waals surface area contributed by atoms with E-state index in [0.717, 1.165) is 17.7 Å². The predicted octanol–water partition coefficient (Wildman–Crippen LogP) is 2.90. The van der Waals surface area contributed by atoms with E-state index in [4.69, 9.17) is 15.2 Å². The van der Waals surface area contributed by atoms with Crippen LogP contribution in [0.25, 0.3) is 0 Å². The molecule has 1 rings (SSSR count). The standard InChI is InChI=1S/C14H23NO2/c1-5-13(16-4)14(15)11-6-8-12(9-7-11)17-10(2)3/h6-10,13-14H,5,15H2,1-4H3. The summed E-state index contributed by atoms with van der Waals surface area (Å²) in [5.74, 6) is 0.876. The van der Waals surface area contributed by atoms with Gasteiger partial charge in [0.1, 0.15) is 5.75 Å². The van der Waals surface area contributed by atoms with Crippen molar-refractivity contribution in [1.82, 2.24) is 0 Å². The van der Waals surface area contributed by atoms with E-state index in [1.165, 1.54) is 0 Å². The van der Waals surface area contributed by atoms with Crippen LogP contribution >= 0.6 is 0 Å². The lowest BCUT2D eigenvalue weighted by Gasteiger charge is -2.21. The van der Waals surface area contributed by atoms with Crippen LogP contribution in [0.4, 0.5) is 0 Å². The predicted molar refractivity (Wildman–Crippen MR) is 70.2 cm³/mol. The zero-order valence-corrected chi connectivity index (χ0v) is 11.1. The summed E-state index contributed by atoms with van der Waals surface area (Å²) in [6, 6.07) is 7.83. The zero-order chi connectivity index (χ0) is 12.8. The highest BCUT2D eigenvalue weighted by Crippen LogP contribution is 2.21. The Bertz CT molecular complexity index is 317. The summed E-state index contributed by atoms with van der Waals surface area (Å²) in [6.07, 6.45) is 1.16. The second kappa shape index (κ2) is 6.62. The van der Waals surface area contributed by atoms with Crippen molar-refractivity contribution < 1.29 is 9.47 Å². The highest BCUT2D eigenvalue weighted by molar-refractivity contribution is 5.29. The third-order valence-electron chi connectivity index (χ3n) is 2.74. The van der Waals surface area contributed by atoms with Crippen LogP contribution in [-0.4, -0.2) is 19.3 Å². The van der Waals surface area contributed by atoms with Crippen LogP contribution in [0.15, 0.2) is 24.3 Å². The van der Waals surface area contributed by atoms with Crippen LogP contribution in [0.2, 0.25) is 0 Å². The molecule has 0 fully saturated rings. The molecule has 0 saturated heterocycles. The van der Waals surface area contributed by atoms with Crippen LogP contribution in [0.3, 0.4) is 0 Å². The number of hydrogen-bond donors (Lipinski definition) is 1. The van der Waals surface area contributed by atoms with Gasteiger partial charge in [0.05, 0.1) is 18.2 Å². The summed E-state index contributed by atoms with van der Waals surface area (Å²) in [7, 11) is 1.70. The first-order chi connectivity index (χ1) is 8.08. The number of hydrogen-bond acceptors (Lipinski definition) is 3. The summed E-state index contributed by atoms with van der Waals surface area (Å²) in [5, 5.41) is 0. The van der Waals surface area contributed by atoms with Crippen molar-refractivity contribution in [1.29, 1.82) is 0 Å². The maximum atomic E-state index is 6.15. The fourth-order valence-corrected chi connectivity index (χ4v) is 1.82. The SMILES string of the molecule is CCC(OC)C(N)c1ccc(OC(C)C)cc1. The van der Waals surface area contributed by atoms with E-state index in [9.17, 15) is 0 Å². The molecule has 2 N–H and O–H groups in total. The number of nitrogens with two attached hydrogens (primary N) is 1. The van der Waals surface area contributed by atoms with Crippen molar-refractivity contribution in [3.63, 3.8) is 0 Å². The molecule has 1 aromatic carbocycles. The molecule has 0 spiro atoms. The van der Waals surface area contributed by atoms with E-state index in [-0.39, 0.29) is 18.2 Å². The Labute approximate surface area is 104 Å². The van der Waals surface area contributed by atoms with Crippen LogP contribution in [0.5, 0.6) is 5.75 Å². The number of ether oxygens (including phenoxy) is 2. The van der Waals surface area contributed by atoms with Crippen molar-refractivity contribution in [2.45, 2.75) is 45.4 Å². The highest BCUT2D eigenvalue weighted by Gasteiger charge is 2.16. The van der Waals surface area contributed by atoms with Gasteiger partial charge in [0.25, 0.3) is 0 Å². The summed E-state index contributed by atoms with van der Waals surface area (Å²) in [4.78, 5) is 0. The quantitative estimate of drug-likeness (QED) is 0.827. The smallest absolute Gasteiger partial charge is 0.119 e. The fourth-order valence-electron chi connectivity index (χ4n) is 1.82. The monoisotopic (exact) mass is 237 g/mol. The first-order valence-electron chi connectivity index (χ1n) is 6.13. The van der Waals surface area contributed by atoms with E-state index in [1.54, 1.807) is 7.11 Å². The molecule has 0 aliphatic heterocycles. The van der Waals surface area contributed by atoms with Gasteiger partial charge < -0.3 is 15.2 Å². The van der Waals surface area contributed by atoms with Gasteiger partial charge >= 0.3 is 0 Å². The van der Waals surface area contributed by atoms with Gasteiger partial charge in [0.15, 0.2) is 0 Å². The molecule has 0 heterocycles. The van der Waals surface area contributed by atoms with Crippen LogP contribution in [-0.2, 0) is 4.74 Å². The molecule has 3 heteroatoms.